The molecule has 19 heavy (non-hydrogen) atoms. The number of carbonyl (C=O) groups is 1. The Balaban J connectivity index is 2.12. The first-order valence-corrected chi connectivity index (χ1v) is 7.47. The molecule has 1 atom stereocenters. The molecule has 0 amide bonds. The summed E-state index contributed by atoms with van der Waals surface area (Å²) in [6.07, 6.45) is 2.39. The molecule has 1 aliphatic rings. The summed E-state index contributed by atoms with van der Waals surface area (Å²) < 4.78 is 11.2. The number of hydrogen-bond acceptors (Lipinski definition) is 4. The minimum atomic E-state index is -0.843. The van der Waals surface area contributed by atoms with Crippen molar-refractivity contribution in [1.29, 1.82) is 0 Å². The number of ether oxygens (including phenoxy) is 2. The highest BCUT2D eigenvalue weighted by Crippen LogP contribution is 2.31. The molecule has 1 aromatic carbocycles. The first-order chi connectivity index (χ1) is 9.19. The van der Waals surface area contributed by atoms with Gasteiger partial charge in [0.2, 0.25) is 0 Å². The van der Waals surface area contributed by atoms with Crippen LogP contribution >= 0.6 is 11.8 Å². The molecule has 2 rings (SSSR count). The predicted molar refractivity (Wildman–Crippen MR) is 75.3 cm³/mol. The van der Waals surface area contributed by atoms with Gasteiger partial charge in [-0.25, -0.2) is 0 Å². The van der Waals surface area contributed by atoms with Crippen LogP contribution in [0.2, 0.25) is 0 Å². The fourth-order valence-corrected chi connectivity index (χ4v) is 3.12. The second kappa shape index (κ2) is 6.70. The lowest BCUT2D eigenvalue weighted by Gasteiger charge is -2.24. The van der Waals surface area contributed by atoms with E-state index in [1.54, 1.807) is 25.3 Å². The zero-order valence-electron chi connectivity index (χ0n) is 10.9. The van der Waals surface area contributed by atoms with E-state index in [-0.39, 0.29) is 12.5 Å². The average molecular weight is 282 g/mol. The van der Waals surface area contributed by atoms with Gasteiger partial charge in [-0.15, -0.1) is 0 Å². The minimum Gasteiger partial charge on any atom is -0.493 e. The lowest BCUT2D eigenvalue weighted by Crippen LogP contribution is -2.23. The molecular formula is C14H18O4S. The van der Waals surface area contributed by atoms with Crippen molar-refractivity contribution < 1.29 is 19.4 Å². The van der Waals surface area contributed by atoms with Gasteiger partial charge in [0.15, 0.2) is 11.5 Å². The highest BCUT2D eigenvalue weighted by molar-refractivity contribution is 7.99. The Labute approximate surface area is 117 Å². The van der Waals surface area contributed by atoms with Crippen molar-refractivity contribution in [1.82, 2.24) is 0 Å². The molecular weight excluding hydrogens is 264 g/mol. The summed E-state index contributed by atoms with van der Waals surface area (Å²) in [6, 6.07) is 5.30. The third-order valence-corrected chi connectivity index (χ3v) is 4.18. The Morgan fingerprint density at radius 3 is 2.95 bits per heavy atom. The van der Waals surface area contributed by atoms with Crippen molar-refractivity contribution >= 4 is 17.7 Å². The molecule has 0 bridgehead atoms. The van der Waals surface area contributed by atoms with Crippen LogP contribution in [0.5, 0.6) is 11.5 Å². The molecule has 1 N–H and O–H groups in total. The summed E-state index contributed by atoms with van der Waals surface area (Å²) in [5.41, 5.74) is 0.728. The van der Waals surface area contributed by atoms with Gasteiger partial charge < -0.3 is 14.6 Å². The summed E-state index contributed by atoms with van der Waals surface area (Å²) in [4.78, 5) is 10.7. The van der Waals surface area contributed by atoms with Gasteiger partial charge in [-0.2, -0.15) is 11.8 Å². The molecule has 0 radical (unpaired) electrons. The normalized spacial score (nSPS) is 18.9. The van der Waals surface area contributed by atoms with Crippen LogP contribution in [0.25, 0.3) is 0 Å². The molecule has 104 valence electrons. The molecule has 0 aliphatic carbocycles. The van der Waals surface area contributed by atoms with Crippen molar-refractivity contribution in [2.75, 3.05) is 18.6 Å². The second-order valence-corrected chi connectivity index (χ2v) is 5.66. The highest BCUT2D eigenvalue weighted by Gasteiger charge is 2.17. The van der Waals surface area contributed by atoms with Gasteiger partial charge in [0.05, 0.1) is 13.5 Å². The molecule has 1 fully saturated rings. The highest BCUT2D eigenvalue weighted by atomic mass is 32.2. The number of aliphatic carboxylic acids is 1. The first kappa shape index (κ1) is 14.1. The summed E-state index contributed by atoms with van der Waals surface area (Å²) in [5, 5.41) is 8.83. The van der Waals surface area contributed by atoms with E-state index >= 15 is 0 Å². The van der Waals surface area contributed by atoms with Gasteiger partial charge >= 0.3 is 5.97 Å². The number of thioether (sulfide) groups is 1. The standard InChI is InChI=1S/C14H18O4S/c1-17-12-5-4-10(8-14(15)16)7-13(12)18-11-3-2-6-19-9-11/h4-5,7,11H,2-3,6,8-9H2,1H3,(H,15,16). The Hall–Kier alpha value is -1.36. The number of hydrogen-bond donors (Lipinski definition) is 1. The molecule has 5 heteroatoms. The number of benzene rings is 1. The molecule has 0 spiro atoms. The van der Waals surface area contributed by atoms with E-state index in [1.165, 1.54) is 5.75 Å². The Morgan fingerprint density at radius 2 is 2.32 bits per heavy atom. The lowest BCUT2D eigenvalue weighted by molar-refractivity contribution is -0.136. The van der Waals surface area contributed by atoms with Crippen LogP contribution in [0.4, 0.5) is 0 Å². The van der Waals surface area contributed by atoms with E-state index in [0.717, 1.165) is 24.2 Å². The van der Waals surface area contributed by atoms with Crippen LogP contribution in [0, 0.1) is 0 Å². The lowest BCUT2D eigenvalue weighted by atomic mass is 10.1. The molecule has 1 unspecified atom stereocenters. The molecule has 1 aliphatic heterocycles. The maximum atomic E-state index is 10.7. The van der Waals surface area contributed by atoms with E-state index in [1.807, 2.05) is 11.8 Å². The summed E-state index contributed by atoms with van der Waals surface area (Å²) in [5.74, 6) is 2.63. The predicted octanol–water partition coefficient (Wildman–Crippen LogP) is 2.60. The van der Waals surface area contributed by atoms with Crippen LogP contribution in [0.1, 0.15) is 18.4 Å². The summed E-state index contributed by atoms with van der Waals surface area (Å²) in [6.45, 7) is 0. The maximum Gasteiger partial charge on any atom is 0.307 e. The first-order valence-electron chi connectivity index (χ1n) is 6.32. The number of carboxylic acid groups (broad SMARTS) is 1. The third kappa shape index (κ3) is 4.06. The molecule has 1 heterocycles. The number of methoxy groups -OCH3 is 1. The van der Waals surface area contributed by atoms with Crippen LogP contribution in [0.15, 0.2) is 18.2 Å². The maximum absolute atomic E-state index is 10.7. The quantitative estimate of drug-likeness (QED) is 0.899. The van der Waals surface area contributed by atoms with Crippen molar-refractivity contribution in [2.24, 2.45) is 0 Å². The van der Waals surface area contributed by atoms with Crippen LogP contribution in [0.3, 0.4) is 0 Å². The zero-order chi connectivity index (χ0) is 13.7. The minimum absolute atomic E-state index is 0.000227. The Bertz CT molecular complexity index is 441. The third-order valence-electron chi connectivity index (χ3n) is 3.00. The van der Waals surface area contributed by atoms with Crippen LogP contribution in [-0.2, 0) is 11.2 Å². The Kier molecular flexibility index (Phi) is 4.96. The zero-order valence-corrected chi connectivity index (χ0v) is 11.7. The van der Waals surface area contributed by atoms with Crippen LogP contribution < -0.4 is 9.47 Å². The molecule has 1 saturated heterocycles. The van der Waals surface area contributed by atoms with Gasteiger partial charge in [0.25, 0.3) is 0 Å². The van der Waals surface area contributed by atoms with Crippen molar-refractivity contribution in [2.45, 2.75) is 25.4 Å². The number of rotatable bonds is 5. The topological polar surface area (TPSA) is 55.8 Å². The van der Waals surface area contributed by atoms with E-state index in [4.69, 9.17) is 14.6 Å². The molecule has 0 aromatic heterocycles. The largest absolute Gasteiger partial charge is 0.493 e. The fraction of sp³-hybridized carbons (Fsp3) is 0.500. The van der Waals surface area contributed by atoms with Crippen molar-refractivity contribution in [3.8, 4) is 11.5 Å². The molecule has 1 aromatic rings. The van der Waals surface area contributed by atoms with Gasteiger partial charge in [0.1, 0.15) is 6.10 Å². The monoisotopic (exact) mass is 282 g/mol. The summed E-state index contributed by atoms with van der Waals surface area (Å²) in [7, 11) is 1.59. The SMILES string of the molecule is COc1ccc(CC(=O)O)cc1OC1CCCSC1. The van der Waals surface area contributed by atoms with Crippen molar-refractivity contribution in [3.05, 3.63) is 23.8 Å². The number of carboxylic acids is 1. The van der Waals surface area contributed by atoms with E-state index in [0.29, 0.717) is 11.5 Å². The van der Waals surface area contributed by atoms with Gasteiger partial charge in [-0.3, -0.25) is 4.79 Å². The summed E-state index contributed by atoms with van der Waals surface area (Å²) >= 11 is 1.89. The van der Waals surface area contributed by atoms with Gasteiger partial charge in [-0.05, 0) is 36.3 Å². The van der Waals surface area contributed by atoms with Gasteiger partial charge in [0, 0.05) is 5.75 Å². The second-order valence-electron chi connectivity index (χ2n) is 4.51. The molecule has 4 nitrogen and oxygen atoms in total. The average Bonchev–Trinajstić information content (AvgIpc) is 2.39. The van der Waals surface area contributed by atoms with E-state index in [2.05, 4.69) is 0 Å². The smallest absolute Gasteiger partial charge is 0.307 e. The fourth-order valence-electron chi connectivity index (χ4n) is 2.08. The van der Waals surface area contributed by atoms with Crippen molar-refractivity contribution in [3.63, 3.8) is 0 Å². The van der Waals surface area contributed by atoms with E-state index in [9.17, 15) is 4.79 Å². The van der Waals surface area contributed by atoms with Gasteiger partial charge in [-0.1, -0.05) is 6.07 Å². The Morgan fingerprint density at radius 1 is 1.47 bits per heavy atom. The van der Waals surface area contributed by atoms with Crippen LogP contribution in [-0.4, -0.2) is 35.8 Å². The molecule has 0 saturated carbocycles. The van der Waals surface area contributed by atoms with E-state index < -0.39 is 5.97 Å².